The van der Waals surface area contributed by atoms with Gasteiger partial charge in [0.15, 0.2) is 5.78 Å². The maximum Gasteiger partial charge on any atom is 0.164 e. The lowest BCUT2D eigenvalue weighted by atomic mass is 10.1. The Morgan fingerprint density at radius 1 is 1.20 bits per heavy atom. The second-order valence-corrected chi connectivity index (χ2v) is 6.24. The molecule has 2 rings (SSSR count). The number of benzene rings is 1. The standard InChI is InChI=1S/C16H23ClN2O/c1-12-10-19(11-13(2)18(12)3)9-8-16(20)14-4-6-15(17)7-5-14/h4-7,12-13H,8-11H2,1-3H3. The number of hydrogen-bond acceptors (Lipinski definition) is 3. The molecule has 0 saturated carbocycles. The van der Waals surface area contributed by atoms with Crippen molar-refractivity contribution in [2.75, 3.05) is 26.7 Å². The lowest BCUT2D eigenvalue weighted by Gasteiger charge is -2.42. The molecule has 0 aromatic heterocycles. The second kappa shape index (κ2) is 6.70. The van der Waals surface area contributed by atoms with Gasteiger partial charge in [-0.2, -0.15) is 0 Å². The van der Waals surface area contributed by atoms with E-state index in [2.05, 4.69) is 30.7 Å². The van der Waals surface area contributed by atoms with Gasteiger partial charge in [-0.1, -0.05) is 11.6 Å². The maximum absolute atomic E-state index is 12.1. The van der Waals surface area contributed by atoms with Crippen LogP contribution in [0.1, 0.15) is 30.6 Å². The second-order valence-electron chi connectivity index (χ2n) is 5.80. The van der Waals surface area contributed by atoms with E-state index < -0.39 is 0 Å². The fourth-order valence-electron chi connectivity index (χ4n) is 2.74. The number of rotatable bonds is 4. The van der Waals surface area contributed by atoms with Crippen molar-refractivity contribution in [3.05, 3.63) is 34.9 Å². The molecule has 1 aromatic rings. The van der Waals surface area contributed by atoms with Gasteiger partial charge in [-0.05, 0) is 45.2 Å². The van der Waals surface area contributed by atoms with Crippen molar-refractivity contribution in [1.82, 2.24) is 9.80 Å². The average molecular weight is 295 g/mol. The average Bonchev–Trinajstić information content (AvgIpc) is 2.42. The fourth-order valence-corrected chi connectivity index (χ4v) is 2.86. The molecule has 1 aliphatic heterocycles. The van der Waals surface area contributed by atoms with E-state index in [1.54, 1.807) is 24.3 Å². The highest BCUT2D eigenvalue weighted by Crippen LogP contribution is 2.15. The monoisotopic (exact) mass is 294 g/mol. The van der Waals surface area contributed by atoms with Gasteiger partial charge in [0.25, 0.3) is 0 Å². The van der Waals surface area contributed by atoms with Crippen LogP contribution >= 0.6 is 11.6 Å². The van der Waals surface area contributed by atoms with Crippen LogP contribution in [0.15, 0.2) is 24.3 Å². The Balaban J connectivity index is 1.86. The Labute approximate surface area is 126 Å². The number of Topliss-reactive ketones (excluding diaryl/α,β-unsaturated/α-hetero) is 1. The van der Waals surface area contributed by atoms with Crippen LogP contribution < -0.4 is 0 Å². The maximum atomic E-state index is 12.1. The number of halogens is 1. The normalized spacial score (nSPS) is 24.8. The van der Waals surface area contributed by atoms with Crippen molar-refractivity contribution in [2.45, 2.75) is 32.4 Å². The van der Waals surface area contributed by atoms with Crippen molar-refractivity contribution in [3.63, 3.8) is 0 Å². The zero-order chi connectivity index (χ0) is 14.7. The quantitative estimate of drug-likeness (QED) is 0.798. The molecular formula is C16H23ClN2O. The van der Waals surface area contributed by atoms with Crippen molar-refractivity contribution in [3.8, 4) is 0 Å². The molecule has 1 fully saturated rings. The van der Waals surface area contributed by atoms with Gasteiger partial charge >= 0.3 is 0 Å². The summed E-state index contributed by atoms with van der Waals surface area (Å²) >= 11 is 5.84. The van der Waals surface area contributed by atoms with Crippen molar-refractivity contribution in [1.29, 1.82) is 0 Å². The number of nitrogens with zero attached hydrogens (tertiary/aromatic N) is 2. The lowest BCUT2D eigenvalue weighted by molar-refractivity contribution is 0.0575. The van der Waals surface area contributed by atoms with Gasteiger partial charge in [-0.25, -0.2) is 0 Å². The first-order chi connectivity index (χ1) is 9.47. The first-order valence-corrected chi connectivity index (χ1v) is 7.58. The van der Waals surface area contributed by atoms with Crippen LogP contribution in [-0.4, -0.2) is 54.3 Å². The molecule has 4 heteroatoms. The zero-order valence-corrected chi connectivity index (χ0v) is 13.2. The summed E-state index contributed by atoms with van der Waals surface area (Å²) < 4.78 is 0. The van der Waals surface area contributed by atoms with Crippen LogP contribution in [-0.2, 0) is 0 Å². The van der Waals surface area contributed by atoms with Crippen molar-refractivity contribution >= 4 is 17.4 Å². The van der Waals surface area contributed by atoms with Crippen LogP contribution in [0.25, 0.3) is 0 Å². The minimum absolute atomic E-state index is 0.195. The number of likely N-dealkylation sites (N-methyl/N-ethyl adjacent to an activating group) is 1. The third kappa shape index (κ3) is 3.81. The Morgan fingerprint density at radius 3 is 2.30 bits per heavy atom. The van der Waals surface area contributed by atoms with E-state index in [9.17, 15) is 4.79 Å². The summed E-state index contributed by atoms with van der Waals surface area (Å²) in [5.41, 5.74) is 0.754. The van der Waals surface area contributed by atoms with E-state index in [1.165, 1.54) is 0 Å². The molecule has 0 radical (unpaired) electrons. The molecule has 3 nitrogen and oxygen atoms in total. The molecule has 0 bridgehead atoms. The molecule has 0 amide bonds. The lowest BCUT2D eigenvalue weighted by Crippen LogP contribution is -2.55. The zero-order valence-electron chi connectivity index (χ0n) is 12.5. The number of carbonyl (C=O) groups is 1. The summed E-state index contributed by atoms with van der Waals surface area (Å²) in [6, 6.07) is 8.25. The Kier molecular flexibility index (Phi) is 5.19. The van der Waals surface area contributed by atoms with Gasteiger partial charge in [0.05, 0.1) is 0 Å². The molecule has 1 aromatic carbocycles. The number of piperazine rings is 1. The molecule has 2 unspecified atom stereocenters. The minimum atomic E-state index is 0.195. The highest BCUT2D eigenvalue weighted by molar-refractivity contribution is 6.30. The van der Waals surface area contributed by atoms with Gasteiger partial charge in [-0.3, -0.25) is 14.6 Å². The van der Waals surface area contributed by atoms with Gasteiger partial charge in [0.1, 0.15) is 0 Å². The van der Waals surface area contributed by atoms with Crippen molar-refractivity contribution < 1.29 is 4.79 Å². The third-order valence-corrected chi connectivity index (χ3v) is 4.51. The Morgan fingerprint density at radius 2 is 1.75 bits per heavy atom. The fraction of sp³-hybridized carbons (Fsp3) is 0.562. The Bertz CT molecular complexity index is 448. The highest BCUT2D eigenvalue weighted by Gasteiger charge is 2.26. The van der Waals surface area contributed by atoms with Gasteiger partial charge < -0.3 is 0 Å². The first kappa shape index (κ1) is 15.5. The molecule has 1 saturated heterocycles. The molecule has 110 valence electrons. The molecule has 20 heavy (non-hydrogen) atoms. The topological polar surface area (TPSA) is 23.6 Å². The van der Waals surface area contributed by atoms with Crippen LogP contribution in [0.2, 0.25) is 5.02 Å². The van der Waals surface area contributed by atoms with Crippen LogP contribution in [0.4, 0.5) is 0 Å². The number of ketones is 1. The molecule has 1 heterocycles. The van der Waals surface area contributed by atoms with Crippen molar-refractivity contribution in [2.24, 2.45) is 0 Å². The smallest absolute Gasteiger partial charge is 0.164 e. The van der Waals surface area contributed by atoms with E-state index in [1.807, 2.05) is 0 Å². The minimum Gasteiger partial charge on any atom is -0.300 e. The molecular weight excluding hydrogens is 272 g/mol. The largest absolute Gasteiger partial charge is 0.300 e. The van der Waals surface area contributed by atoms with E-state index >= 15 is 0 Å². The molecule has 2 atom stereocenters. The van der Waals surface area contributed by atoms with Crippen LogP contribution in [0, 0.1) is 0 Å². The number of carbonyl (C=O) groups excluding carboxylic acids is 1. The summed E-state index contributed by atoms with van der Waals surface area (Å²) in [7, 11) is 2.17. The van der Waals surface area contributed by atoms with Gasteiger partial charge in [0, 0.05) is 48.7 Å². The summed E-state index contributed by atoms with van der Waals surface area (Å²) in [4.78, 5) is 16.9. The van der Waals surface area contributed by atoms with Gasteiger partial charge in [-0.15, -0.1) is 0 Å². The predicted molar refractivity (Wildman–Crippen MR) is 83.5 cm³/mol. The number of hydrogen-bond donors (Lipinski definition) is 0. The van der Waals surface area contributed by atoms with E-state index in [-0.39, 0.29) is 5.78 Å². The summed E-state index contributed by atoms with van der Waals surface area (Å²) in [5.74, 6) is 0.195. The Hall–Kier alpha value is -0.900. The highest BCUT2D eigenvalue weighted by atomic mass is 35.5. The molecule has 1 aliphatic rings. The van der Waals surface area contributed by atoms with Crippen LogP contribution in [0.3, 0.4) is 0 Å². The molecule has 0 spiro atoms. The summed E-state index contributed by atoms with van der Waals surface area (Å²) in [5, 5.41) is 0.670. The SMILES string of the molecule is CC1CN(CCC(=O)c2ccc(Cl)cc2)CC(C)N1C. The summed E-state index contributed by atoms with van der Waals surface area (Å²) in [6.07, 6.45) is 0.574. The predicted octanol–water partition coefficient (Wildman–Crippen LogP) is 2.94. The van der Waals surface area contributed by atoms with E-state index in [0.717, 1.165) is 25.2 Å². The first-order valence-electron chi connectivity index (χ1n) is 7.20. The van der Waals surface area contributed by atoms with E-state index in [0.29, 0.717) is 23.5 Å². The van der Waals surface area contributed by atoms with E-state index in [4.69, 9.17) is 11.6 Å². The molecule has 0 aliphatic carbocycles. The third-order valence-electron chi connectivity index (χ3n) is 4.26. The van der Waals surface area contributed by atoms with Crippen LogP contribution in [0.5, 0.6) is 0 Å². The van der Waals surface area contributed by atoms with Gasteiger partial charge in [0.2, 0.25) is 0 Å². The summed E-state index contributed by atoms with van der Waals surface area (Å²) in [6.45, 7) is 7.39. The molecule has 0 N–H and O–H groups in total.